The Hall–Kier alpha value is -4.23. The number of rotatable bonds is 16. The van der Waals surface area contributed by atoms with Crippen LogP contribution in [0.4, 0.5) is 9.59 Å². The van der Waals surface area contributed by atoms with Gasteiger partial charge in [0, 0.05) is 24.8 Å². The van der Waals surface area contributed by atoms with E-state index in [9.17, 15) is 24.3 Å². The molecule has 0 bridgehead atoms. The van der Waals surface area contributed by atoms with Gasteiger partial charge in [-0.1, -0.05) is 96.7 Å². The van der Waals surface area contributed by atoms with Crippen molar-refractivity contribution in [2.45, 2.75) is 123 Å². The molecule has 2 aliphatic rings. The number of hydrazine groups is 1. The summed E-state index contributed by atoms with van der Waals surface area (Å²) in [4.78, 5) is 60.1. The second kappa shape index (κ2) is 19.2. The van der Waals surface area contributed by atoms with E-state index in [2.05, 4.69) is 26.4 Å². The Labute approximate surface area is 315 Å². The summed E-state index contributed by atoms with van der Waals surface area (Å²) in [7, 11) is 1.25. The van der Waals surface area contributed by atoms with E-state index in [1.165, 1.54) is 7.11 Å². The second-order valence-corrected chi connectivity index (χ2v) is 15.8. The molecule has 13 heteroatoms. The Morgan fingerprint density at radius 3 is 2.36 bits per heavy atom. The summed E-state index contributed by atoms with van der Waals surface area (Å²) in [5.41, 5.74) is 4.94. The van der Waals surface area contributed by atoms with Crippen LogP contribution in [-0.2, 0) is 27.3 Å². The van der Waals surface area contributed by atoms with Crippen LogP contribution < -0.4 is 21.4 Å². The number of amides is 5. The third kappa shape index (κ3) is 11.6. The maximum absolute atomic E-state index is 14.6. The molecule has 2 aromatic rings. The zero-order valence-corrected chi connectivity index (χ0v) is 32.6. The number of benzene rings is 1. The molecule has 5 N–H and O–H groups in total. The monoisotopic (exact) mass is 735 g/mol. The number of hydrogen-bond acceptors (Lipinski definition) is 8. The number of nitrogens with zero attached hydrogens (tertiary/aromatic N) is 3. The molecule has 1 aromatic carbocycles. The molecule has 1 saturated heterocycles. The number of ether oxygens (including phenoxy) is 1. The largest absolute Gasteiger partial charge is 0.453 e. The van der Waals surface area contributed by atoms with Crippen molar-refractivity contribution in [3.8, 4) is 0 Å². The minimum atomic E-state index is -1.09. The predicted octanol–water partition coefficient (Wildman–Crippen LogP) is 4.47. The molecule has 0 spiro atoms. The van der Waals surface area contributed by atoms with Crippen LogP contribution in [-0.4, -0.2) is 94.4 Å². The van der Waals surface area contributed by atoms with Gasteiger partial charge in [0.25, 0.3) is 5.91 Å². The third-order valence-electron chi connectivity index (χ3n) is 10.7. The molecule has 0 radical (unpaired) electrons. The fraction of sp³-hybridized carbons (Fsp3) is 0.625. The highest BCUT2D eigenvalue weighted by atomic mass is 16.5. The van der Waals surface area contributed by atoms with E-state index in [1.807, 2.05) is 90.1 Å². The molecule has 4 rings (SSSR count). The number of pyridine rings is 1. The Kier molecular flexibility index (Phi) is 15.0. The van der Waals surface area contributed by atoms with Crippen LogP contribution in [0.2, 0.25) is 0 Å². The van der Waals surface area contributed by atoms with E-state index in [4.69, 9.17) is 4.74 Å². The van der Waals surface area contributed by atoms with Gasteiger partial charge >= 0.3 is 12.1 Å². The molecule has 13 nitrogen and oxygen atoms in total. The zero-order chi connectivity index (χ0) is 38.7. The van der Waals surface area contributed by atoms with Crippen molar-refractivity contribution >= 4 is 23.9 Å². The lowest BCUT2D eigenvalue weighted by molar-refractivity contribution is -0.134. The molecule has 1 saturated carbocycles. The first-order chi connectivity index (χ1) is 25.2. The summed E-state index contributed by atoms with van der Waals surface area (Å²) < 4.78 is 4.81. The van der Waals surface area contributed by atoms with Gasteiger partial charge < -0.3 is 30.7 Å². The summed E-state index contributed by atoms with van der Waals surface area (Å²) in [5, 5.41) is 22.7. The van der Waals surface area contributed by atoms with Crippen molar-refractivity contribution in [3.05, 3.63) is 65.5 Å². The highest BCUT2D eigenvalue weighted by molar-refractivity contribution is 5.86. The van der Waals surface area contributed by atoms with Gasteiger partial charge in [-0.2, -0.15) is 0 Å². The van der Waals surface area contributed by atoms with Crippen LogP contribution in [0.3, 0.4) is 0 Å². The lowest BCUT2D eigenvalue weighted by atomic mass is 9.83. The maximum atomic E-state index is 14.6. The Bertz CT molecular complexity index is 1510. The maximum Gasteiger partial charge on any atom is 0.407 e. The van der Waals surface area contributed by atoms with Crippen molar-refractivity contribution < 1.29 is 29.0 Å². The number of aliphatic hydroxyl groups excluding tert-OH is 1. The highest BCUT2D eigenvalue weighted by Gasteiger charge is 2.43. The van der Waals surface area contributed by atoms with E-state index in [1.54, 1.807) is 9.91 Å². The molecular formula is C40H61N7O6. The topological polar surface area (TPSA) is 165 Å². The number of methoxy groups -OCH3 is 1. The van der Waals surface area contributed by atoms with Gasteiger partial charge in [0.15, 0.2) is 0 Å². The van der Waals surface area contributed by atoms with Crippen molar-refractivity contribution in [1.82, 2.24) is 36.3 Å². The standard InChI is InChI=1S/C40H61N7O6/c1-8-26(2)34(32-23-41-38(51)46(32)24-29-19-15-16-27(3)42-29)36(49)43-31(22-28-17-11-9-12-18-28)33(48)25-47(30-20-13-10-14-21-30)45-37(50)35(40(4,5)6)44-39(52)53-7/h9,11-12,15-19,26,30-35,48H,8,10,13-14,20-25H2,1-7H3,(H,41,51)(H,43,49)(H,44,52)(H,45,50). The van der Waals surface area contributed by atoms with Crippen molar-refractivity contribution in [1.29, 1.82) is 0 Å². The number of carbonyl (C=O) groups excluding carboxylic acids is 4. The van der Waals surface area contributed by atoms with Gasteiger partial charge in [0.2, 0.25) is 5.91 Å². The lowest BCUT2D eigenvalue weighted by Crippen LogP contribution is -2.62. The average Bonchev–Trinajstić information content (AvgIpc) is 3.48. The molecule has 1 aliphatic heterocycles. The molecule has 53 heavy (non-hydrogen) atoms. The van der Waals surface area contributed by atoms with Crippen LogP contribution in [0.5, 0.6) is 0 Å². The summed E-state index contributed by atoms with van der Waals surface area (Å²) in [5.74, 6) is -1.31. The van der Waals surface area contributed by atoms with E-state index in [0.29, 0.717) is 19.4 Å². The van der Waals surface area contributed by atoms with Crippen molar-refractivity contribution in [2.75, 3.05) is 20.2 Å². The second-order valence-electron chi connectivity index (χ2n) is 15.8. The van der Waals surface area contributed by atoms with Crippen LogP contribution in [0.15, 0.2) is 48.5 Å². The number of urea groups is 1. The average molecular weight is 736 g/mol. The van der Waals surface area contributed by atoms with Gasteiger partial charge in [0.05, 0.1) is 43.5 Å². The van der Waals surface area contributed by atoms with Gasteiger partial charge in [-0.25, -0.2) is 14.6 Å². The number of aryl methyl sites for hydroxylation is 1. The van der Waals surface area contributed by atoms with E-state index < -0.39 is 47.6 Å². The van der Waals surface area contributed by atoms with E-state index in [0.717, 1.165) is 49.1 Å². The number of aromatic nitrogens is 1. The van der Waals surface area contributed by atoms with Crippen LogP contribution in [0.25, 0.3) is 0 Å². The lowest BCUT2D eigenvalue weighted by Gasteiger charge is -2.40. The minimum absolute atomic E-state index is 0.0404. The minimum Gasteiger partial charge on any atom is -0.453 e. The first-order valence-corrected chi connectivity index (χ1v) is 19.1. The summed E-state index contributed by atoms with van der Waals surface area (Å²) in [6.45, 7) is 12.2. The van der Waals surface area contributed by atoms with E-state index in [-0.39, 0.29) is 37.0 Å². The zero-order valence-electron chi connectivity index (χ0n) is 32.6. The number of hydrogen-bond donors (Lipinski definition) is 5. The normalized spacial score (nSPS) is 19.5. The molecule has 6 unspecified atom stereocenters. The number of carbonyl (C=O) groups is 4. The van der Waals surface area contributed by atoms with Crippen molar-refractivity contribution in [2.24, 2.45) is 17.3 Å². The summed E-state index contributed by atoms with van der Waals surface area (Å²) in [6, 6.07) is 13.0. The highest BCUT2D eigenvalue weighted by Crippen LogP contribution is 2.29. The fourth-order valence-electron chi connectivity index (χ4n) is 7.49. The molecule has 6 atom stereocenters. The van der Waals surface area contributed by atoms with Crippen LogP contribution in [0.1, 0.15) is 90.1 Å². The molecule has 1 aromatic heterocycles. The van der Waals surface area contributed by atoms with Gasteiger partial charge in [-0.15, -0.1) is 0 Å². The summed E-state index contributed by atoms with van der Waals surface area (Å²) >= 11 is 0. The smallest absolute Gasteiger partial charge is 0.407 e. The van der Waals surface area contributed by atoms with Gasteiger partial charge in [-0.05, 0) is 55.2 Å². The SMILES string of the molecule is CCC(C)C(C(=O)NC(Cc1ccccc1)C(O)CN(NC(=O)C(NC(=O)OC)C(C)(C)C)C1CCCCC1)C1CNC(=O)N1Cc1cccc(C)n1. The van der Waals surface area contributed by atoms with Gasteiger partial charge in [0.1, 0.15) is 6.04 Å². The van der Waals surface area contributed by atoms with Crippen LogP contribution >= 0.6 is 0 Å². The Morgan fingerprint density at radius 1 is 1.04 bits per heavy atom. The fourth-order valence-corrected chi connectivity index (χ4v) is 7.49. The predicted molar refractivity (Wildman–Crippen MR) is 203 cm³/mol. The first kappa shape index (κ1) is 41.5. The first-order valence-electron chi connectivity index (χ1n) is 19.1. The quantitative estimate of drug-likeness (QED) is 0.158. The molecule has 2 fully saturated rings. The summed E-state index contributed by atoms with van der Waals surface area (Å²) in [6.07, 6.45) is 3.99. The molecule has 292 valence electrons. The number of aliphatic hydroxyl groups is 1. The third-order valence-corrected chi connectivity index (χ3v) is 10.7. The van der Waals surface area contributed by atoms with Crippen LogP contribution in [0, 0.1) is 24.2 Å². The molecule has 2 heterocycles. The van der Waals surface area contributed by atoms with E-state index >= 15 is 0 Å². The number of nitrogens with one attached hydrogen (secondary N) is 4. The van der Waals surface area contributed by atoms with Gasteiger partial charge in [-0.3, -0.25) is 20.0 Å². The van der Waals surface area contributed by atoms with Crippen molar-refractivity contribution in [3.63, 3.8) is 0 Å². The Morgan fingerprint density at radius 2 is 1.74 bits per heavy atom. The Balaban J connectivity index is 1.61. The molecule has 1 aliphatic carbocycles. The molecule has 5 amide bonds. The number of alkyl carbamates (subject to hydrolysis) is 1. The molecular weight excluding hydrogens is 674 g/mol.